The van der Waals surface area contributed by atoms with Gasteiger partial charge in [0.2, 0.25) is 10.0 Å². The van der Waals surface area contributed by atoms with Gasteiger partial charge in [0.15, 0.2) is 0 Å². The molecule has 3 N–H and O–H groups in total. The van der Waals surface area contributed by atoms with E-state index in [9.17, 15) is 8.42 Å². The molecular formula is C8H22N2O2S. The molecule has 0 aliphatic heterocycles. The molecular weight excluding hydrogens is 188 g/mol. The van der Waals surface area contributed by atoms with Gasteiger partial charge in [-0.1, -0.05) is 27.7 Å². The number of nitrogens with one attached hydrogen (secondary N) is 1. The normalized spacial score (nSPS) is 11.4. The van der Waals surface area contributed by atoms with E-state index >= 15 is 0 Å². The van der Waals surface area contributed by atoms with Crippen molar-refractivity contribution < 1.29 is 8.42 Å². The standard InChI is InChI=1S/C6H15N.C2H7NO2S/c1-5(2)7-6(3)4;1-2-6(3,4)5/h5-7H,1-4H3;2H2,1H3,(H2,3,4,5). The van der Waals surface area contributed by atoms with E-state index in [-0.39, 0.29) is 5.75 Å². The summed E-state index contributed by atoms with van der Waals surface area (Å²) in [6.45, 7) is 10.1. The molecule has 0 spiro atoms. The lowest BCUT2D eigenvalue weighted by Crippen LogP contribution is -2.29. The van der Waals surface area contributed by atoms with Crippen LogP contribution in [0.2, 0.25) is 0 Å². The Hall–Kier alpha value is -0.130. The summed E-state index contributed by atoms with van der Waals surface area (Å²) in [6.07, 6.45) is 0. The van der Waals surface area contributed by atoms with Crippen molar-refractivity contribution in [3.63, 3.8) is 0 Å². The van der Waals surface area contributed by atoms with Crippen LogP contribution in [0.4, 0.5) is 0 Å². The van der Waals surface area contributed by atoms with Gasteiger partial charge in [-0.25, -0.2) is 13.6 Å². The van der Waals surface area contributed by atoms with Crippen molar-refractivity contribution in [2.45, 2.75) is 46.7 Å². The Labute approximate surface area is 82.0 Å². The molecule has 0 aliphatic rings. The third-order valence-corrected chi connectivity index (χ3v) is 1.87. The molecule has 0 bridgehead atoms. The van der Waals surface area contributed by atoms with Crippen LogP contribution in [0.25, 0.3) is 0 Å². The molecule has 0 saturated carbocycles. The van der Waals surface area contributed by atoms with Gasteiger partial charge in [-0.3, -0.25) is 0 Å². The molecule has 0 radical (unpaired) electrons. The highest BCUT2D eigenvalue weighted by Crippen LogP contribution is 1.80. The quantitative estimate of drug-likeness (QED) is 0.720. The minimum Gasteiger partial charge on any atom is -0.312 e. The van der Waals surface area contributed by atoms with Crippen LogP contribution >= 0.6 is 0 Å². The summed E-state index contributed by atoms with van der Waals surface area (Å²) in [4.78, 5) is 0. The van der Waals surface area contributed by atoms with E-state index in [2.05, 4.69) is 38.2 Å². The fourth-order valence-corrected chi connectivity index (χ4v) is 0.667. The predicted octanol–water partition coefficient (Wildman–Crippen LogP) is 0.688. The molecule has 0 aliphatic carbocycles. The maximum atomic E-state index is 9.78. The summed E-state index contributed by atoms with van der Waals surface area (Å²) in [5, 5.41) is 7.81. The summed E-state index contributed by atoms with van der Waals surface area (Å²) < 4.78 is 19.6. The smallest absolute Gasteiger partial charge is 0.208 e. The van der Waals surface area contributed by atoms with Gasteiger partial charge < -0.3 is 5.32 Å². The summed E-state index contributed by atoms with van der Waals surface area (Å²) in [7, 11) is -3.16. The molecule has 0 heterocycles. The average Bonchev–Trinajstić information content (AvgIpc) is 1.84. The van der Waals surface area contributed by atoms with Gasteiger partial charge in [0.25, 0.3) is 0 Å². The third-order valence-electron chi connectivity index (χ3n) is 1.07. The minimum atomic E-state index is -3.16. The van der Waals surface area contributed by atoms with E-state index in [0.717, 1.165) is 0 Å². The largest absolute Gasteiger partial charge is 0.312 e. The van der Waals surface area contributed by atoms with E-state index in [1.54, 1.807) is 0 Å². The van der Waals surface area contributed by atoms with Crippen molar-refractivity contribution in [2.75, 3.05) is 5.75 Å². The van der Waals surface area contributed by atoms with Crippen LogP contribution in [-0.2, 0) is 10.0 Å². The van der Waals surface area contributed by atoms with Gasteiger partial charge in [0, 0.05) is 12.1 Å². The molecule has 0 atom stereocenters. The van der Waals surface area contributed by atoms with Crippen molar-refractivity contribution in [3.05, 3.63) is 0 Å². The van der Waals surface area contributed by atoms with Crippen LogP contribution in [0.15, 0.2) is 0 Å². The first kappa shape index (κ1) is 15.3. The van der Waals surface area contributed by atoms with Gasteiger partial charge in [-0.05, 0) is 6.92 Å². The van der Waals surface area contributed by atoms with Crippen LogP contribution in [0, 0.1) is 0 Å². The minimum absolute atomic E-state index is 0.0208. The molecule has 0 aromatic heterocycles. The van der Waals surface area contributed by atoms with Crippen molar-refractivity contribution in [1.82, 2.24) is 5.32 Å². The Morgan fingerprint density at radius 3 is 1.38 bits per heavy atom. The highest BCUT2D eigenvalue weighted by Gasteiger charge is 1.92. The van der Waals surface area contributed by atoms with Gasteiger partial charge in [-0.15, -0.1) is 0 Å². The van der Waals surface area contributed by atoms with Gasteiger partial charge in [-0.2, -0.15) is 0 Å². The number of primary sulfonamides is 1. The Bertz CT molecular complexity index is 192. The predicted molar refractivity (Wildman–Crippen MR) is 57.1 cm³/mol. The molecule has 0 aromatic carbocycles. The zero-order valence-corrected chi connectivity index (χ0v) is 9.98. The second kappa shape index (κ2) is 7.29. The lowest BCUT2D eigenvalue weighted by Gasteiger charge is -2.10. The highest BCUT2D eigenvalue weighted by atomic mass is 32.2. The summed E-state index contributed by atoms with van der Waals surface area (Å²) in [5.74, 6) is 0.0208. The Morgan fingerprint density at radius 2 is 1.38 bits per heavy atom. The van der Waals surface area contributed by atoms with Crippen LogP contribution in [-0.4, -0.2) is 26.3 Å². The van der Waals surface area contributed by atoms with Crippen LogP contribution in [0.1, 0.15) is 34.6 Å². The molecule has 13 heavy (non-hydrogen) atoms. The Kier molecular flexibility index (Phi) is 8.61. The average molecular weight is 210 g/mol. The zero-order chi connectivity index (χ0) is 11.1. The number of rotatable bonds is 3. The first-order valence-electron chi connectivity index (χ1n) is 4.45. The molecule has 5 heteroatoms. The molecule has 0 saturated heterocycles. The maximum Gasteiger partial charge on any atom is 0.208 e. The molecule has 82 valence electrons. The third kappa shape index (κ3) is 24.5. The lowest BCUT2D eigenvalue weighted by molar-refractivity contribution is 0.518. The fraction of sp³-hybridized carbons (Fsp3) is 1.00. The van der Waals surface area contributed by atoms with Crippen LogP contribution in [0.3, 0.4) is 0 Å². The van der Waals surface area contributed by atoms with Gasteiger partial charge in [0.05, 0.1) is 5.75 Å². The molecule has 0 unspecified atom stereocenters. The Morgan fingerprint density at radius 1 is 1.15 bits per heavy atom. The first-order chi connectivity index (χ1) is 5.69. The van der Waals surface area contributed by atoms with Crippen molar-refractivity contribution in [3.8, 4) is 0 Å². The van der Waals surface area contributed by atoms with E-state index in [1.165, 1.54) is 6.92 Å². The zero-order valence-electron chi connectivity index (χ0n) is 9.16. The fourth-order valence-electron chi connectivity index (χ4n) is 0.667. The maximum absolute atomic E-state index is 9.78. The van der Waals surface area contributed by atoms with E-state index in [1.807, 2.05) is 0 Å². The Balaban J connectivity index is 0. The second-order valence-electron chi connectivity index (χ2n) is 3.43. The molecule has 4 nitrogen and oxygen atoms in total. The molecule has 0 amide bonds. The highest BCUT2D eigenvalue weighted by molar-refractivity contribution is 7.89. The van der Waals surface area contributed by atoms with Crippen molar-refractivity contribution >= 4 is 10.0 Å². The number of hydrogen-bond acceptors (Lipinski definition) is 3. The monoisotopic (exact) mass is 210 g/mol. The van der Waals surface area contributed by atoms with Crippen molar-refractivity contribution in [1.29, 1.82) is 0 Å². The van der Waals surface area contributed by atoms with Crippen LogP contribution in [0.5, 0.6) is 0 Å². The summed E-state index contributed by atoms with van der Waals surface area (Å²) >= 11 is 0. The van der Waals surface area contributed by atoms with E-state index < -0.39 is 10.0 Å². The number of nitrogens with two attached hydrogens (primary N) is 1. The topological polar surface area (TPSA) is 72.2 Å². The van der Waals surface area contributed by atoms with Crippen molar-refractivity contribution in [2.24, 2.45) is 5.14 Å². The lowest BCUT2D eigenvalue weighted by atomic mass is 10.3. The van der Waals surface area contributed by atoms with E-state index in [4.69, 9.17) is 0 Å². The van der Waals surface area contributed by atoms with E-state index in [0.29, 0.717) is 12.1 Å². The first-order valence-corrected chi connectivity index (χ1v) is 6.17. The summed E-state index contributed by atoms with van der Waals surface area (Å²) in [6, 6.07) is 1.25. The SMILES string of the molecule is CC(C)NC(C)C.CCS(N)(=O)=O. The number of sulfonamides is 1. The van der Waals surface area contributed by atoms with Gasteiger partial charge >= 0.3 is 0 Å². The van der Waals surface area contributed by atoms with Gasteiger partial charge in [0.1, 0.15) is 0 Å². The molecule has 0 fully saturated rings. The second-order valence-corrected chi connectivity index (χ2v) is 5.33. The molecule has 0 aromatic rings. The number of hydrogen-bond donors (Lipinski definition) is 2. The molecule has 0 rings (SSSR count). The van der Waals surface area contributed by atoms with Crippen LogP contribution < -0.4 is 10.5 Å². The summed E-state index contributed by atoms with van der Waals surface area (Å²) in [5.41, 5.74) is 0.